The molecule has 1 fully saturated rings. The third-order valence-corrected chi connectivity index (χ3v) is 2.81. The molecule has 1 N–H and O–H groups in total. The Morgan fingerprint density at radius 2 is 2.13 bits per heavy atom. The van der Waals surface area contributed by atoms with E-state index in [9.17, 15) is 13.2 Å². The zero-order valence-electron chi connectivity index (χ0n) is 9.11. The molecule has 1 rings (SSSR count). The number of hydrogen-bond acceptors (Lipinski definition) is 2. The lowest BCUT2D eigenvalue weighted by Gasteiger charge is -2.24. The summed E-state index contributed by atoms with van der Waals surface area (Å²) in [6, 6.07) is 0.298. The van der Waals surface area contributed by atoms with Crippen LogP contribution < -0.4 is 5.32 Å². The summed E-state index contributed by atoms with van der Waals surface area (Å²) in [5.74, 6) is 0. The number of nitrogens with zero attached hydrogens (tertiary/aromatic N) is 1. The summed E-state index contributed by atoms with van der Waals surface area (Å²) in [5.41, 5.74) is 0. The molecular formula is C10H19F3N2. The standard InChI is InChI=1S/C10H19F3N2/c1-2-14-8-9-4-3-6-15(9)7-5-10(11,12)13/h9,14H,2-8H2,1H3. The maximum absolute atomic E-state index is 12.0. The van der Waals surface area contributed by atoms with Gasteiger partial charge in [-0.1, -0.05) is 6.92 Å². The average molecular weight is 224 g/mol. The minimum absolute atomic E-state index is 0.152. The van der Waals surface area contributed by atoms with Crippen molar-refractivity contribution in [1.82, 2.24) is 10.2 Å². The first-order chi connectivity index (χ1) is 7.03. The quantitative estimate of drug-likeness (QED) is 0.768. The monoisotopic (exact) mass is 224 g/mol. The molecule has 2 nitrogen and oxygen atoms in total. The number of likely N-dealkylation sites (N-methyl/N-ethyl adjacent to an activating group) is 1. The van der Waals surface area contributed by atoms with E-state index in [1.807, 2.05) is 11.8 Å². The van der Waals surface area contributed by atoms with Gasteiger partial charge in [0.2, 0.25) is 0 Å². The minimum atomic E-state index is -4.02. The topological polar surface area (TPSA) is 15.3 Å². The van der Waals surface area contributed by atoms with E-state index in [2.05, 4.69) is 5.32 Å². The molecule has 1 unspecified atom stereocenters. The molecule has 0 bridgehead atoms. The molecule has 1 atom stereocenters. The number of likely N-dealkylation sites (tertiary alicyclic amines) is 1. The smallest absolute Gasteiger partial charge is 0.315 e. The van der Waals surface area contributed by atoms with E-state index in [0.29, 0.717) is 6.04 Å². The van der Waals surface area contributed by atoms with Crippen LogP contribution in [-0.2, 0) is 0 Å². The Hall–Kier alpha value is -0.290. The summed E-state index contributed by atoms with van der Waals surface area (Å²) >= 11 is 0. The Bertz CT molecular complexity index is 182. The van der Waals surface area contributed by atoms with Gasteiger partial charge in [-0.05, 0) is 25.9 Å². The van der Waals surface area contributed by atoms with E-state index in [4.69, 9.17) is 0 Å². The van der Waals surface area contributed by atoms with Crippen LogP contribution in [0.25, 0.3) is 0 Å². The molecule has 0 amide bonds. The fourth-order valence-corrected chi connectivity index (χ4v) is 2.00. The summed E-state index contributed by atoms with van der Waals surface area (Å²) in [4.78, 5) is 1.95. The molecule has 1 heterocycles. The van der Waals surface area contributed by atoms with Gasteiger partial charge in [-0.2, -0.15) is 13.2 Å². The van der Waals surface area contributed by atoms with Crippen molar-refractivity contribution in [3.8, 4) is 0 Å². The van der Waals surface area contributed by atoms with Gasteiger partial charge in [0.15, 0.2) is 0 Å². The van der Waals surface area contributed by atoms with Gasteiger partial charge >= 0.3 is 6.18 Å². The first kappa shape index (κ1) is 12.8. The van der Waals surface area contributed by atoms with Crippen LogP contribution in [0.5, 0.6) is 0 Å². The zero-order chi connectivity index (χ0) is 11.3. The molecule has 0 aromatic carbocycles. The van der Waals surface area contributed by atoms with Crippen molar-refractivity contribution in [3.63, 3.8) is 0 Å². The summed E-state index contributed by atoms with van der Waals surface area (Å²) in [6.45, 7) is 4.67. The second-order valence-electron chi connectivity index (χ2n) is 4.00. The van der Waals surface area contributed by atoms with Crippen LogP contribution >= 0.6 is 0 Å². The van der Waals surface area contributed by atoms with Crippen molar-refractivity contribution >= 4 is 0 Å². The third kappa shape index (κ3) is 4.84. The lowest BCUT2D eigenvalue weighted by molar-refractivity contribution is -0.138. The Labute approximate surface area is 88.8 Å². The van der Waals surface area contributed by atoms with Crippen molar-refractivity contribution in [2.75, 3.05) is 26.2 Å². The highest BCUT2D eigenvalue weighted by Crippen LogP contribution is 2.23. The van der Waals surface area contributed by atoms with Crippen molar-refractivity contribution in [2.24, 2.45) is 0 Å². The number of rotatable bonds is 5. The Kier molecular flexibility index (Phi) is 4.86. The second kappa shape index (κ2) is 5.70. The summed E-state index contributed by atoms with van der Waals surface area (Å²) in [7, 11) is 0. The number of hydrogen-bond donors (Lipinski definition) is 1. The van der Waals surface area contributed by atoms with Gasteiger partial charge in [-0.15, -0.1) is 0 Å². The highest BCUT2D eigenvalue weighted by Gasteiger charge is 2.31. The van der Waals surface area contributed by atoms with E-state index >= 15 is 0 Å². The van der Waals surface area contributed by atoms with Gasteiger partial charge in [-0.25, -0.2) is 0 Å². The fourth-order valence-electron chi connectivity index (χ4n) is 2.00. The van der Waals surface area contributed by atoms with Gasteiger partial charge in [0.25, 0.3) is 0 Å². The highest BCUT2D eigenvalue weighted by atomic mass is 19.4. The van der Waals surface area contributed by atoms with Crippen molar-refractivity contribution < 1.29 is 13.2 Å². The summed E-state index contributed by atoms with van der Waals surface area (Å²) in [5, 5.41) is 3.19. The van der Waals surface area contributed by atoms with Gasteiger partial charge in [0.1, 0.15) is 0 Å². The molecule has 0 aliphatic carbocycles. The fraction of sp³-hybridized carbons (Fsp3) is 1.00. The maximum atomic E-state index is 12.0. The van der Waals surface area contributed by atoms with Crippen molar-refractivity contribution in [3.05, 3.63) is 0 Å². The van der Waals surface area contributed by atoms with Crippen molar-refractivity contribution in [2.45, 2.75) is 38.4 Å². The van der Waals surface area contributed by atoms with Crippen LogP contribution in [0.1, 0.15) is 26.2 Å². The van der Waals surface area contributed by atoms with Gasteiger partial charge in [0, 0.05) is 19.1 Å². The first-order valence-electron chi connectivity index (χ1n) is 5.54. The molecule has 1 aliphatic rings. The van der Waals surface area contributed by atoms with E-state index in [-0.39, 0.29) is 6.54 Å². The first-order valence-corrected chi connectivity index (χ1v) is 5.54. The van der Waals surface area contributed by atoms with Crippen LogP contribution in [0.15, 0.2) is 0 Å². The largest absolute Gasteiger partial charge is 0.390 e. The molecule has 5 heteroatoms. The number of nitrogens with one attached hydrogen (secondary N) is 1. The van der Waals surface area contributed by atoms with Crippen LogP contribution in [0.2, 0.25) is 0 Å². The summed E-state index contributed by atoms with van der Waals surface area (Å²) in [6.07, 6.45) is -2.67. The normalized spacial score (nSPS) is 23.6. The van der Waals surface area contributed by atoms with Crippen LogP contribution in [0, 0.1) is 0 Å². The lowest BCUT2D eigenvalue weighted by Crippen LogP contribution is -2.39. The van der Waals surface area contributed by atoms with E-state index in [0.717, 1.165) is 32.5 Å². The predicted octanol–water partition coefficient (Wildman–Crippen LogP) is 2.01. The van der Waals surface area contributed by atoms with Gasteiger partial charge in [0.05, 0.1) is 6.42 Å². The minimum Gasteiger partial charge on any atom is -0.315 e. The number of alkyl halides is 3. The van der Waals surface area contributed by atoms with E-state index in [1.165, 1.54) is 0 Å². The molecule has 1 aliphatic heterocycles. The molecular weight excluding hydrogens is 205 g/mol. The van der Waals surface area contributed by atoms with Crippen molar-refractivity contribution in [1.29, 1.82) is 0 Å². The molecule has 90 valence electrons. The summed E-state index contributed by atoms with van der Waals surface area (Å²) < 4.78 is 36.1. The Balaban J connectivity index is 2.27. The van der Waals surface area contributed by atoms with Crippen LogP contribution in [0.3, 0.4) is 0 Å². The molecule has 15 heavy (non-hydrogen) atoms. The predicted molar refractivity (Wildman–Crippen MR) is 53.8 cm³/mol. The van der Waals surface area contributed by atoms with Gasteiger partial charge < -0.3 is 5.32 Å². The van der Waals surface area contributed by atoms with Crippen LogP contribution in [0.4, 0.5) is 13.2 Å². The lowest BCUT2D eigenvalue weighted by atomic mass is 10.2. The Morgan fingerprint density at radius 3 is 2.73 bits per heavy atom. The highest BCUT2D eigenvalue weighted by molar-refractivity contribution is 4.81. The molecule has 0 saturated carbocycles. The molecule has 0 aromatic heterocycles. The average Bonchev–Trinajstić information content (AvgIpc) is 2.57. The van der Waals surface area contributed by atoms with Gasteiger partial charge in [-0.3, -0.25) is 4.90 Å². The second-order valence-corrected chi connectivity index (χ2v) is 4.00. The zero-order valence-corrected chi connectivity index (χ0v) is 9.11. The third-order valence-electron chi connectivity index (χ3n) is 2.81. The molecule has 0 aromatic rings. The molecule has 0 radical (unpaired) electrons. The van der Waals surface area contributed by atoms with E-state index in [1.54, 1.807) is 0 Å². The van der Waals surface area contributed by atoms with Crippen LogP contribution in [-0.4, -0.2) is 43.3 Å². The SMILES string of the molecule is CCNCC1CCCN1CCC(F)(F)F. The molecule has 0 spiro atoms. The maximum Gasteiger partial charge on any atom is 0.390 e. The Morgan fingerprint density at radius 1 is 1.40 bits per heavy atom. The molecule has 1 saturated heterocycles. The number of halogens is 3. The van der Waals surface area contributed by atoms with E-state index < -0.39 is 12.6 Å².